The Morgan fingerprint density at radius 2 is 1.22 bits per heavy atom. The summed E-state index contributed by atoms with van der Waals surface area (Å²) in [7, 11) is 0. The number of aliphatic hydroxyl groups is 2. The molecular weight excluding hydrogens is 468 g/mol. The summed E-state index contributed by atoms with van der Waals surface area (Å²) in [5.74, 6) is -0.629. The van der Waals surface area contributed by atoms with Gasteiger partial charge in [-0.3, -0.25) is 9.59 Å². The van der Waals surface area contributed by atoms with Crippen molar-refractivity contribution >= 4 is 11.9 Å². The highest BCUT2D eigenvalue weighted by molar-refractivity contribution is 5.69. The quantitative estimate of drug-likeness (QED) is 0.0573. The Balaban J connectivity index is 3.57. The molecule has 0 amide bonds. The molecule has 2 atom stereocenters. The van der Waals surface area contributed by atoms with Crippen molar-refractivity contribution in [3.8, 4) is 0 Å². The van der Waals surface area contributed by atoms with Gasteiger partial charge in [-0.05, 0) is 38.5 Å². The third kappa shape index (κ3) is 26.9. The number of allylic oxidation sites excluding steroid dienone is 4. The van der Waals surface area contributed by atoms with Crippen molar-refractivity contribution in [1.82, 2.24) is 0 Å². The van der Waals surface area contributed by atoms with Gasteiger partial charge in [0.15, 0.2) is 0 Å². The molecule has 37 heavy (non-hydrogen) atoms. The number of aliphatic hydroxyl groups excluding tert-OH is 2. The van der Waals surface area contributed by atoms with Crippen LogP contribution in [0.5, 0.6) is 0 Å². The van der Waals surface area contributed by atoms with Crippen LogP contribution in [0.15, 0.2) is 36.5 Å². The first-order valence-corrected chi connectivity index (χ1v) is 14.6. The fraction of sp³-hybridized carbons (Fsp3) is 0.742. The van der Waals surface area contributed by atoms with Gasteiger partial charge in [-0.2, -0.15) is 0 Å². The zero-order chi connectivity index (χ0) is 27.4. The first-order chi connectivity index (χ1) is 18.0. The molecule has 0 spiro atoms. The summed E-state index contributed by atoms with van der Waals surface area (Å²) in [4.78, 5) is 23.6. The molecule has 0 rings (SSSR count). The van der Waals surface area contributed by atoms with E-state index in [1.165, 1.54) is 25.7 Å². The number of rotatable bonds is 25. The van der Waals surface area contributed by atoms with Crippen LogP contribution in [0.25, 0.3) is 0 Å². The second kappa shape index (κ2) is 27.1. The van der Waals surface area contributed by atoms with Crippen LogP contribution in [0.4, 0.5) is 0 Å². The van der Waals surface area contributed by atoms with Gasteiger partial charge in [0.2, 0.25) is 0 Å². The molecule has 6 nitrogen and oxygen atoms in total. The molecule has 0 aliphatic rings. The summed E-state index contributed by atoms with van der Waals surface area (Å²) in [5, 5.41) is 19.6. The van der Waals surface area contributed by atoms with Crippen molar-refractivity contribution in [1.29, 1.82) is 0 Å². The molecular formula is C31H54O6. The van der Waals surface area contributed by atoms with Crippen molar-refractivity contribution < 1.29 is 29.3 Å². The van der Waals surface area contributed by atoms with E-state index in [9.17, 15) is 19.8 Å². The molecule has 0 aromatic heterocycles. The Bertz CT molecular complexity index is 625. The second-order valence-electron chi connectivity index (χ2n) is 9.69. The van der Waals surface area contributed by atoms with Gasteiger partial charge in [-0.25, -0.2) is 0 Å². The normalized spacial score (nSPS) is 13.5. The molecule has 0 saturated carbocycles. The second-order valence-corrected chi connectivity index (χ2v) is 9.69. The summed E-state index contributed by atoms with van der Waals surface area (Å²) in [6.07, 6.45) is 26.8. The predicted molar refractivity (Wildman–Crippen MR) is 151 cm³/mol. The molecule has 0 heterocycles. The van der Waals surface area contributed by atoms with Gasteiger partial charge in [0.25, 0.3) is 0 Å². The molecule has 214 valence electrons. The van der Waals surface area contributed by atoms with Crippen molar-refractivity contribution in [2.45, 2.75) is 135 Å². The SMILES string of the molecule is CC/C=C/CC(O)/C=C/C=C/CCCCCCCC(=O)OC[C@H](O)COC(=O)CCCCCCCCC. The van der Waals surface area contributed by atoms with E-state index in [-0.39, 0.29) is 25.2 Å². The Morgan fingerprint density at radius 1 is 0.676 bits per heavy atom. The Labute approximate surface area is 226 Å². The van der Waals surface area contributed by atoms with Gasteiger partial charge < -0.3 is 19.7 Å². The number of ether oxygens (including phenoxy) is 2. The topological polar surface area (TPSA) is 93.1 Å². The van der Waals surface area contributed by atoms with Gasteiger partial charge >= 0.3 is 11.9 Å². The molecule has 0 radical (unpaired) electrons. The van der Waals surface area contributed by atoms with E-state index < -0.39 is 12.2 Å². The third-order valence-corrected chi connectivity index (χ3v) is 5.97. The van der Waals surface area contributed by atoms with Crippen molar-refractivity contribution in [3.05, 3.63) is 36.5 Å². The maximum Gasteiger partial charge on any atom is 0.305 e. The Kier molecular flexibility index (Phi) is 25.7. The van der Waals surface area contributed by atoms with E-state index in [0.717, 1.165) is 64.2 Å². The first kappa shape index (κ1) is 35.1. The highest BCUT2D eigenvalue weighted by Gasteiger charge is 2.12. The largest absolute Gasteiger partial charge is 0.463 e. The lowest BCUT2D eigenvalue weighted by Gasteiger charge is -2.12. The highest BCUT2D eigenvalue weighted by atomic mass is 16.6. The number of unbranched alkanes of at least 4 members (excludes halogenated alkanes) is 11. The fourth-order valence-corrected chi connectivity index (χ4v) is 3.71. The first-order valence-electron chi connectivity index (χ1n) is 14.6. The van der Waals surface area contributed by atoms with E-state index in [0.29, 0.717) is 19.3 Å². The molecule has 0 saturated heterocycles. The van der Waals surface area contributed by atoms with Gasteiger partial charge in [0.05, 0.1) is 6.10 Å². The van der Waals surface area contributed by atoms with Crippen LogP contribution < -0.4 is 0 Å². The van der Waals surface area contributed by atoms with Gasteiger partial charge in [0.1, 0.15) is 19.3 Å². The van der Waals surface area contributed by atoms with E-state index in [2.05, 4.69) is 26.0 Å². The fourth-order valence-electron chi connectivity index (χ4n) is 3.71. The lowest BCUT2D eigenvalue weighted by atomic mass is 10.1. The van der Waals surface area contributed by atoms with Crippen LogP contribution in [0.3, 0.4) is 0 Å². The molecule has 0 aromatic rings. The van der Waals surface area contributed by atoms with Crippen molar-refractivity contribution in [3.63, 3.8) is 0 Å². The van der Waals surface area contributed by atoms with Crippen LogP contribution in [0.1, 0.15) is 123 Å². The molecule has 0 aliphatic carbocycles. The molecule has 0 aromatic carbocycles. The number of hydrogen-bond acceptors (Lipinski definition) is 6. The van der Waals surface area contributed by atoms with E-state index in [1.54, 1.807) is 6.08 Å². The maximum absolute atomic E-state index is 11.8. The standard InChI is InChI=1S/C31H54O6/c1-3-5-7-8-12-16-20-24-30(34)36-26-29(33)27-37-31(35)25-21-17-14-11-9-10-13-15-19-23-28(32)22-18-6-4-2/h6,13,15,18-19,23,28-29,32-33H,3-5,7-12,14,16-17,20-22,24-27H2,1-2H3/b15-13+,18-6+,23-19+/t28?,29-/m1/s1. The average Bonchev–Trinajstić information content (AvgIpc) is 2.89. The highest BCUT2D eigenvalue weighted by Crippen LogP contribution is 2.10. The smallest absolute Gasteiger partial charge is 0.305 e. The number of esters is 2. The summed E-state index contributed by atoms with van der Waals surface area (Å²) in [6.45, 7) is 3.99. The number of carbonyl (C=O) groups is 2. The summed E-state index contributed by atoms with van der Waals surface area (Å²) in [6, 6.07) is 0. The summed E-state index contributed by atoms with van der Waals surface area (Å²) < 4.78 is 10.2. The molecule has 0 bridgehead atoms. The van der Waals surface area contributed by atoms with Crippen LogP contribution in [-0.2, 0) is 19.1 Å². The van der Waals surface area contributed by atoms with Crippen LogP contribution in [0, 0.1) is 0 Å². The molecule has 0 aliphatic heterocycles. The summed E-state index contributed by atoms with van der Waals surface area (Å²) in [5.41, 5.74) is 0. The van der Waals surface area contributed by atoms with E-state index in [1.807, 2.05) is 18.2 Å². The monoisotopic (exact) mass is 522 g/mol. The zero-order valence-corrected chi connectivity index (χ0v) is 23.6. The van der Waals surface area contributed by atoms with Gasteiger partial charge in [-0.1, -0.05) is 108 Å². The number of carbonyl (C=O) groups excluding carboxylic acids is 2. The minimum absolute atomic E-state index is 0.135. The maximum atomic E-state index is 11.8. The third-order valence-electron chi connectivity index (χ3n) is 5.97. The summed E-state index contributed by atoms with van der Waals surface area (Å²) >= 11 is 0. The Morgan fingerprint density at radius 3 is 1.78 bits per heavy atom. The van der Waals surface area contributed by atoms with E-state index in [4.69, 9.17) is 9.47 Å². The zero-order valence-electron chi connectivity index (χ0n) is 23.6. The average molecular weight is 523 g/mol. The van der Waals surface area contributed by atoms with Crippen LogP contribution >= 0.6 is 0 Å². The lowest BCUT2D eigenvalue weighted by Crippen LogP contribution is -2.25. The number of hydrogen-bond donors (Lipinski definition) is 2. The Hall–Kier alpha value is -1.92. The van der Waals surface area contributed by atoms with Gasteiger partial charge in [-0.15, -0.1) is 0 Å². The van der Waals surface area contributed by atoms with Crippen LogP contribution in [-0.4, -0.2) is 47.6 Å². The molecule has 0 fully saturated rings. The molecule has 1 unspecified atom stereocenters. The van der Waals surface area contributed by atoms with Gasteiger partial charge in [0, 0.05) is 12.8 Å². The van der Waals surface area contributed by atoms with E-state index >= 15 is 0 Å². The van der Waals surface area contributed by atoms with Crippen LogP contribution in [0.2, 0.25) is 0 Å². The minimum atomic E-state index is -0.981. The molecule has 2 N–H and O–H groups in total. The minimum Gasteiger partial charge on any atom is -0.463 e. The molecule has 6 heteroatoms. The van der Waals surface area contributed by atoms with Crippen molar-refractivity contribution in [2.75, 3.05) is 13.2 Å². The predicted octanol–water partition coefficient (Wildman–Crippen LogP) is 7.13. The van der Waals surface area contributed by atoms with Crippen molar-refractivity contribution in [2.24, 2.45) is 0 Å². The lowest BCUT2D eigenvalue weighted by molar-refractivity contribution is -0.152.